The quantitative estimate of drug-likeness (QED) is 0.845. The Hall–Kier alpha value is -2.22. The van der Waals surface area contributed by atoms with Gasteiger partial charge in [0.1, 0.15) is 5.75 Å². The summed E-state index contributed by atoms with van der Waals surface area (Å²) >= 11 is 1.50. The van der Waals surface area contributed by atoms with Gasteiger partial charge in [0.25, 0.3) is 5.91 Å². The van der Waals surface area contributed by atoms with Crippen LogP contribution in [-0.2, 0) is 16.0 Å². The summed E-state index contributed by atoms with van der Waals surface area (Å²) < 4.78 is 10.2. The van der Waals surface area contributed by atoms with E-state index in [1.807, 2.05) is 6.07 Å². The summed E-state index contributed by atoms with van der Waals surface area (Å²) in [5.41, 5.74) is 1.56. The molecule has 1 aromatic carbocycles. The number of hydrogen-bond donors (Lipinski definition) is 2. The number of nitrogens with one attached hydrogen (secondary N) is 2. The predicted octanol–water partition coefficient (Wildman–Crippen LogP) is 1.70. The van der Waals surface area contributed by atoms with Crippen molar-refractivity contribution in [1.29, 1.82) is 0 Å². The molecule has 1 fully saturated rings. The lowest BCUT2D eigenvalue weighted by molar-refractivity contribution is -0.124. The highest BCUT2D eigenvalue weighted by molar-refractivity contribution is 8.00. The Morgan fingerprint density at radius 3 is 3.00 bits per heavy atom. The van der Waals surface area contributed by atoms with Crippen molar-refractivity contribution in [3.8, 4) is 5.75 Å². The smallest absolute Gasteiger partial charge is 0.413 e. The minimum absolute atomic E-state index is 0.195. The highest BCUT2D eigenvalue weighted by atomic mass is 32.2. The summed E-state index contributed by atoms with van der Waals surface area (Å²) in [6, 6.07) is 5.34. The lowest BCUT2D eigenvalue weighted by atomic mass is 10.0. The molecular weight excluding hydrogens is 344 g/mol. The minimum atomic E-state index is -0.756. The van der Waals surface area contributed by atoms with E-state index in [-0.39, 0.29) is 17.9 Å². The van der Waals surface area contributed by atoms with E-state index in [1.165, 1.54) is 11.8 Å². The lowest BCUT2D eigenvalue weighted by Gasteiger charge is -2.19. The molecule has 2 aliphatic heterocycles. The molecule has 2 N–H and O–H groups in total. The van der Waals surface area contributed by atoms with Gasteiger partial charge in [-0.25, -0.2) is 4.79 Å². The fourth-order valence-corrected chi connectivity index (χ4v) is 4.23. The maximum absolute atomic E-state index is 12.5. The van der Waals surface area contributed by atoms with Crippen LogP contribution >= 0.6 is 11.8 Å². The highest BCUT2D eigenvalue weighted by Gasteiger charge is 2.36. The molecule has 8 heteroatoms. The molecule has 1 saturated heterocycles. The number of thioether (sulfide) groups is 1. The van der Waals surface area contributed by atoms with Crippen LogP contribution in [0.1, 0.15) is 29.3 Å². The molecule has 25 heavy (non-hydrogen) atoms. The first kappa shape index (κ1) is 17.6. The van der Waals surface area contributed by atoms with Crippen molar-refractivity contribution in [2.24, 2.45) is 5.92 Å². The Labute approximate surface area is 149 Å². The molecule has 7 nitrogen and oxygen atoms in total. The normalized spacial score (nSPS) is 21.2. The molecule has 0 saturated carbocycles. The van der Waals surface area contributed by atoms with Crippen molar-refractivity contribution in [1.82, 2.24) is 10.6 Å². The van der Waals surface area contributed by atoms with Crippen LogP contribution in [0.25, 0.3) is 0 Å². The van der Waals surface area contributed by atoms with Crippen LogP contribution in [0.4, 0.5) is 4.79 Å². The number of carbonyl (C=O) groups excluding carboxylic acids is 3. The zero-order valence-corrected chi connectivity index (χ0v) is 14.7. The predicted molar refractivity (Wildman–Crippen MR) is 92.6 cm³/mol. The minimum Gasteiger partial charge on any atom is -0.493 e. The largest absolute Gasteiger partial charge is 0.493 e. The van der Waals surface area contributed by atoms with Crippen molar-refractivity contribution in [3.05, 3.63) is 29.3 Å². The van der Waals surface area contributed by atoms with Gasteiger partial charge >= 0.3 is 6.09 Å². The highest BCUT2D eigenvalue weighted by Crippen LogP contribution is 2.31. The second kappa shape index (κ2) is 7.77. The molecule has 2 unspecified atom stereocenters. The zero-order chi connectivity index (χ0) is 17.8. The van der Waals surface area contributed by atoms with Crippen molar-refractivity contribution < 1.29 is 23.9 Å². The topological polar surface area (TPSA) is 93.7 Å². The van der Waals surface area contributed by atoms with Gasteiger partial charge in [-0.3, -0.25) is 14.9 Å². The Balaban J connectivity index is 1.62. The van der Waals surface area contributed by atoms with E-state index in [9.17, 15) is 14.4 Å². The van der Waals surface area contributed by atoms with Crippen LogP contribution in [-0.4, -0.2) is 42.2 Å². The number of ether oxygens (including phenoxy) is 2. The maximum Gasteiger partial charge on any atom is 0.413 e. The van der Waals surface area contributed by atoms with Crippen LogP contribution in [0.3, 0.4) is 0 Å². The molecule has 134 valence electrons. The van der Waals surface area contributed by atoms with E-state index in [1.54, 1.807) is 19.1 Å². The third-order valence-electron chi connectivity index (χ3n) is 4.15. The Bertz CT molecular complexity index is 694. The van der Waals surface area contributed by atoms with Crippen LogP contribution in [0.2, 0.25) is 0 Å². The van der Waals surface area contributed by atoms with Crippen LogP contribution in [0, 0.1) is 5.92 Å². The van der Waals surface area contributed by atoms with E-state index in [4.69, 9.17) is 9.47 Å². The van der Waals surface area contributed by atoms with E-state index >= 15 is 0 Å². The molecule has 2 atom stereocenters. The monoisotopic (exact) mass is 364 g/mol. The van der Waals surface area contributed by atoms with E-state index in [0.717, 1.165) is 23.5 Å². The number of benzene rings is 1. The molecule has 3 amide bonds. The van der Waals surface area contributed by atoms with Gasteiger partial charge < -0.3 is 14.8 Å². The summed E-state index contributed by atoms with van der Waals surface area (Å²) in [6.45, 7) is 2.50. The molecular formula is C17H20N2O5S. The van der Waals surface area contributed by atoms with Gasteiger partial charge in [-0.15, -0.1) is 11.8 Å². The first-order valence-electron chi connectivity index (χ1n) is 8.24. The summed E-state index contributed by atoms with van der Waals surface area (Å²) in [6.07, 6.45) is 0.631. The first-order chi connectivity index (χ1) is 12.1. The number of alkyl carbamates (subject to hydrolysis) is 1. The standard InChI is InChI=1S/C17H20N2O5S/c1-2-23-17(22)19-15(21)12-6-8-25-16(12)18-14(20)11-3-4-13-10(9-11)5-7-24-13/h3-4,9,12,16H,2,5-8H2,1H3,(H,18,20)(H,19,21,22). The average Bonchev–Trinajstić information content (AvgIpc) is 3.22. The number of imide groups is 1. The zero-order valence-electron chi connectivity index (χ0n) is 13.9. The van der Waals surface area contributed by atoms with E-state index < -0.39 is 17.9 Å². The number of fused-ring (bicyclic) bond motifs is 1. The summed E-state index contributed by atoms with van der Waals surface area (Å²) in [5.74, 6) is 0.443. The molecule has 0 radical (unpaired) electrons. The van der Waals surface area contributed by atoms with Gasteiger partial charge in [0.2, 0.25) is 5.91 Å². The number of amides is 3. The molecule has 1 aromatic rings. The third kappa shape index (κ3) is 4.07. The second-order valence-electron chi connectivity index (χ2n) is 5.79. The first-order valence-corrected chi connectivity index (χ1v) is 9.29. The summed E-state index contributed by atoms with van der Waals surface area (Å²) in [4.78, 5) is 36.1. The Morgan fingerprint density at radius 1 is 1.36 bits per heavy atom. The Morgan fingerprint density at radius 2 is 2.20 bits per heavy atom. The van der Waals surface area contributed by atoms with Gasteiger partial charge in [0, 0.05) is 12.0 Å². The molecule has 0 aromatic heterocycles. The van der Waals surface area contributed by atoms with Gasteiger partial charge in [-0.1, -0.05) is 0 Å². The Kier molecular flexibility index (Phi) is 5.47. The second-order valence-corrected chi connectivity index (χ2v) is 7.04. The molecule has 2 aliphatic rings. The number of rotatable bonds is 4. The molecule has 2 heterocycles. The van der Waals surface area contributed by atoms with E-state index in [2.05, 4.69) is 10.6 Å². The van der Waals surface area contributed by atoms with Gasteiger partial charge in [0.05, 0.1) is 24.5 Å². The number of hydrogen-bond acceptors (Lipinski definition) is 6. The van der Waals surface area contributed by atoms with Crippen LogP contribution < -0.4 is 15.4 Å². The fraction of sp³-hybridized carbons (Fsp3) is 0.471. The van der Waals surface area contributed by atoms with Crippen LogP contribution in [0.5, 0.6) is 5.75 Å². The van der Waals surface area contributed by atoms with Gasteiger partial charge in [-0.2, -0.15) is 0 Å². The SMILES string of the molecule is CCOC(=O)NC(=O)C1CCSC1NC(=O)c1ccc2c(c1)CCO2. The maximum atomic E-state index is 12.5. The van der Waals surface area contributed by atoms with Crippen molar-refractivity contribution in [2.75, 3.05) is 19.0 Å². The van der Waals surface area contributed by atoms with Gasteiger partial charge in [0.15, 0.2) is 0 Å². The lowest BCUT2D eigenvalue weighted by Crippen LogP contribution is -2.44. The summed E-state index contributed by atoms with van der Waals surface area (Å²) in [5, 5.41) is 4.74. The average molecular weight is 364 g/mol. The van der Waals surface area contributed by atoms with Crippen molar-refractivity contribution in [3.63, 3.8) is 0 Å². The fourth-order valence-electron chi connectivity index (χ4n) is 2.90. The molecule has 0 spiro atoms. The van der Waals surface area contributed by atoms with E-state index in [0.29, 0.717) is 18.6 Å². The summed E-state index contributed by atoms with van der Waals surface area (Å²) in [7, 11) is 0. The third-order valence-corrected chi connectivity index (χ3v) is 5.43. The van der Waals surface area contributed by atoms with Crippen LogP contribution in [0.15, 0.2) is 18.2 Å². The molecule has 0 aliphatic carbocycles. The molecule has 3 rings (SSSR count). The van der Waals surface area contributed by atoms with Crippen molar-refractivity contribution >= 4 is 29.7 Å². The molecule has 0 bridgehead atoms. The van der Waals surface area contributed by atoms with Crippen molar-refractivity contribution in [2.45, 2.75) is 25.1 Å². The number of carbonyl (C=O) groups is 3. The van der Waals surface area contributed by atoms with Gasteiger partial charge in [-0.05, 0) is 42.9 Å².